The molecule has 1 aliphatic rings. The van der Waals surface area contributed by atoms with Gasteiger partial charge in [0.2, 0.25) is 5.91 Å². The number of hydrogen-bond acceptors (Lipinski definition) is 6. The molecular weight excluding hydrogens is 394 g/mol. The van der Waals surface area contributed by atoms with E-state index in [0.29, 0.717) is 19.0 Å². The minimum Gasteiger partial charge on any atom is -0.354 e. The summed E-state index contributed by atoms with van der Waals surface area (Å²) in [7, 11) is 1.85. The highest BCUT2D eigenvalue weighted by Gasteiger charge is 2.22. The molecule has 3 heterocycles. The van der Waals surface area contributed by atoms with Crippen molar-refractivity contribution in [2.75, 3.05) is 44.7 Å². The summed E-state index contributed by atoms with van der Waals surface area (Å²) in [5.74, 6) is 2.33. The molecule has 0 saturated carbocycles. The fourth-order valence-electron chi connectivity index (χ4n) is 3.20. The molecule has 0 bridgehead atoms. The molecule has 0 radical (unpaired) electrons. The second-order valence-corrected chi connectivity index (χ2v) is 9.40. The molecule has 3 rings (SSSR count). The SMILES string of the molecule is Cc1cc(N2CCN(CC(=O)N(C)Cc3ccc(Cl)s3)CC2)nc(C(C)C)n1. The normalized spacial score (nSPS) is 15.3. The molecule has 0 aliphatic carbocycles. The van der Waals surface area contributed by atoms with Crippen molar-refractivity contribution in [3.63, 3.8) is 0 Å². The van der Waals surface area contributed by atoms with Gasteiger partial charge in [-0.1, -0.05) is 25.4 Å². The Morgan fingerprint density at radius 3 is 2.57 bits per heavy atom. The lowest BCUT2D eigenvalue weighted by Crippen LogP contribution is -2.49. The molecule has 0 N–H and O–H groups in total. The number of aryl methyl sites for hydroxylation is 1. The second kappa shape index (κ2) is 9.20. The number of aromatic nitrogens is 2. The number of hydrogen-bond donors (Lipinski definition) is 0. The van der Waals surface area contributed by atoms with Crippen molar-refractivity contribution in [3.8, 4) is 0 Å². The third-order valence-corrected chi connectivity index (χ3v) is 6.09. The van der Waals surface area contributed by atoms with E-state index in [1.165, 1.54) is 11.3 Å². The Morgan fingerprint density at radius 2 is 1.96 bits per heavy atom. The standard InChI is InChI=1S/C20H28ClN5OS/c1-14(2)20-22-15(3)11-18(23-20)26-9-7-25(8-10-26)13-19(27)24(4)12-16-5-6-17(21)28-16/h5-6,11,14H,7-10,12-13H2,1-4H3. The number of halogens is 1. The van der Waals surface area contributed by atoms with Crippen LogP contribution in [0.1, 0.15) is 36.2 Å². The zero-order valence-electron chi connectivity index (χ0n) is 17.0. The van der Waals surface area contributed by atoms with E-state index in [9.17, 15) is 4.79 Å². The zero-order chi connectivity index (χ0) is 20.3. The van der Waals surface area contributed by atoms with Crippen LogP contribution in [0.5, 0.6) is 0 Å². The molecule has 8 heteroatoms. The van der Waals surface area contributed by atoms with Gasteiger partial charge >= 0.3 is 0 Å². The number of piperazine rings is 1. The first-order valence-corrected chi connectivity index (χ1v) is 10.8. The maximum Gasteiger partial charge on any atom is 0.236 e. The van der Waals surface area contributed by atoms with Crippen LogP contribution in [0.25, 0.3) is 0 Å². The lowest BCUT2D eigenvalue weighted by molar-refractivity contribution is -0.131. The number of rotatable bonds is 6. The third kappa shape index (κ3) is 5.43. The van der Waals surface area contributed by atoms with Crippen molar-refractivity contribution in [2.45, 2.75) is 33.2 Å². The Balaban J connectivity index is 1.52. The van der Waals surface area contributed by atoms with Crippen LogP contribution in [0.15, 0.2) is 18.2 Å². The maximum absolute atomic E-state index is 12.6. The van der Waals surface area contributed by atoms with Gasteiger partial charge in [-0.25, -0.2) is 9.97 Å². The van der Waals surface area contributed by atoms with Crippen molar-refractivity contribution in [1.29, 1.82) is 0 Å². The van der Waals surface area contributed by atoms with E-state index < -0.39 is 0 Å². The molecule has 152 valence electrons. The molecule has 6 nitrogen and oxygen atoms in total. The van der Waals surface area contributed by atoms with E-state index in [0.717, 1.165) is 52.7 Å². The molecule has 1 aliphatic heterocycles. The largest absolute Gasteiger partial charge is 0.354 e. The van der Waals surface area contributed by atoms with Crippen molar-refractivity contribution in [1.82, 2.24) is 19.8 Å². The highest BCUT2D eigenvalue weighted by atomic mass is 35.5. The van der Waals surface area contributed by atoms with Gasteiger partial charge in [0.15, 0.2) is 0 Å². The third-order valence-electron chi connectivity index (χ3n) is 4.88. The van der Waals surface area contributed by atoms with Gasteiger partial charge in [0.1, 0.15) is 11.6 Å². The summed E-state index contributed by atoms with van der Waals surface area (Å²) in [5, 5.41) is 0. The van der Waals surface area contributed by atoms with Gasteiger partial charge in [-0.2, -0.15) is 0 Å². The van der Waals surface area contributed by atoms with Gasteiger partial charge < -0.3 is 9.80 Å². The summed E-state index contributed by atoms with van der Waals surface area (Å²) in [5.41, 5.74) is 1.00. The molecule has 0 unspecified atom stereocenters. The summed E-state index contributed by atoms with van der Waals surface area (Å²) in [6.45, 7) is 10.7. The summed E-state index contributed by atoms with van der Waals surface area (Å²) in [4.78, 5) is 29.2. The average Bonchev–Trinajstić information content (AvgIpc) is 3.06. The van der Waals surface area contributed by atoms with E-state index in [4.69, 9.17) is 16.6 Å². The van der Waals surface area contributed by atoms with Crippen LogP contribution < -0.4 is 4.90 Å². The molecule has 0 atom stereocenters. The smallest absolute Gasteiger partial charge is 0.236 e. The molecule has 1 saturated heterocycles. The van der Waals surface area contributed by atoms with Crippen molar-refractivity contribution >= 4 is 34.7 Å². The quantitative estimate of drug-likeness (QED) is 0.715. The van der Waals surface area contributed by atoms with Crippen LogP contribution in [0.3, 0.4) is 0 Å². The number of carbonyl (C=O) groups is 1. The van der Waals surface area contributed by atoms with E-state index in [-0.39, 0.29) is 5.91 Å². The molecule has 2 aromatic rings. The number of likely N-dealkylation sites (N-methyl/N-ethyl adjacent to an activating group) is 1. The predicted molar refractivity (Wildman–Crippen MR) is 115 cm³/mol. The van der Waals surface area contributed by atoms with Crippen LogP contribution in [0.2, 0.25) is 4.34 Å². The average molecular weight is 422 g/mol. The van der Waals surface area contributed by atoms with E-state index >= 15 is 0 Å². The summed E-state index contributed by atoms with van der Waals surface area (Å²) < 4.78 is 0.757. The molecule has 2 aromatic heterocycles. The number of anilines is 1. The highest BCUT2D eigenvalue weighted by Crippen LogP contribution is 2.22. The Bertz CT molecular complexity index is 817. The Labute approximate surface area is 176 Å². The first-order valence-electron chi connectivity index (χ1n) is 9.63. The van der Waals surface area contributed by atoms with Crippen molar-refractivity contribution in [3.05, 3.63) is 38.9 Å². The van der Waals surface area contributed by atoms with E-state index in [2.05, 4.69) is 28.6 Å². The lowest BCUT2D eigenvalue weighted by atomic mass is 10.2. The molecule has 0 aromatic carbocycles. The van der Waals surface area contributed by atoms with Gasteiger partial charge in [0.05, 0.1) is 17.4 Å². The summed E-state index contributed by atoms with van der Waals surface area (Å²) in [6, 6.07) is 5.90. The predicted octanol–water partition coefficient (Wildman–Crippen LogP) is 3.40. The Kier molecular flexibility index (Phi) is 6.91. The van der Waals surface area contributed by atoms with Crippen LogP contribution >= 0.6 is 22.9 Å². The van der Waals surface area contributed by atoms with Gasteiger partial charge in [0.25, 0.3) is 0 Å². The minimum absolute atomic E-state index is 0.137. The minimum atomic E-state index is 0.137. The lowest BCUT2D eigenvalue weighted by Gasteiger charge is -2.35. The Morgan fingerprint density at radius 1 is 1.25 bits per heavy atom. The van der Waals surface area contributed by atoms with E-state index in [1.807, 2.05) is 32.2 Å². The van der Waals surface area contributed by atoms with Gasteiger partial charge in [0, 0.05) is 55.8 Å². The van der Waals surface area contributed by atoms with Crippen LogP contribution in [-0.4, -0.2) is 65.4 Å². The van der Waals surface area contributed by atoms with Crippen LogP contribution in [0.4, 0.5) is 5.82 Å². The Hall–Kier alpha value is -1.70. The first-order chi connectivity index (χ1) is 13.3. The molecule has 1 fully saturated rings. The van der Waals surface area contributed by atoms with Gasteiger partial charge in [-0.15, -0.1) is 11.3 Å². The zero-order valence-corrected chi connectivity index (χ0v) is 18.6. The molecule has 1 amide bonds. The number of carbonyl (C=O) groups excluding carboxylic acids is 1. The monoisotopic (exact) mass is 421 g/mol. The first kappa shape index (κ1) is 21.0. The molecule has 0 spiro atoms. The fourth-order valence-corrected chi connectivity index (χ4v) is 4.34. The van der Waals surface area contributed by atoms with E-state index in [1.54, 1.807) is 4.90 Å². The molecular formula is C20H28ClN5OS. The van der Waals surface area contributed by atoms with Gasteiger partial charge in [-0.3, -0.25) is 9.69 Å². The maximum atomic E-state index is 12.6. The number of amides is 1. The van der Waals surface area contributed by atoms with Crippen molar-refractivity contribution < 1.29 is 4.79 Å². The molecule has 28 heavy (non-hydrogen) atoms. The highest BCUT2D eigenvalue weighted by molar-refractivity contribution is 7.16. The number of nitrogens with zero attached hydrogens (tertiary/aromatic N) is 5. The number of thiophene rings is 1. The van der Waals surface area contributed by atoms with Gasteiger partial charge in [-0.05, 0) is 19.1 Å². The fraction of sp³-hybridized carbons (Fsp3) is 0.550. The summed E-state index contributed by atoms with van der Waals surface area (Å²) in [6.07, 6.45) is 0. The van der Waals surface area contributed by atoms with Crippen molar-refractivity contribution in [2.24, 2.45) is 0 Å². The van der Waals surface area contributed by atoms with Crippen LogP contribution in [-0.2, 0) is 11.3 Å². The second-order valence-electron chi connectivity index (χ2n) is 7.60. The topological polar surface area (TPSA) is 52.6 Å². The summed E-state index contributed by atoms with van der Waals surface area (Å²) >= 11 is 7.49. The van der Waals surface area contributed by atoms with Crippen LogP contribution in [0, 0.1) is 6.92 Å².